The molecule has 0 bridgehead atoms. The molecule has 0 aromatic heterocycles. The third-order valence-electron chi connectivity index (χ3n) is 3.75. The number of hydrogen-bond donors (Lipinski definition) is 3. The van der Waals surface area contributed by atoms with Crippen LogP contribution in [0.2, 0.25) is 0 Å². The Bertz CT molecular complexity index is 282. The SMILES string of the molecule is CCCCCCCC/C=C/OC[C@H](O)[C@H]1OC[C@@H](O)[C@H]1O. The normalized spacial score (nSPS) is 27.3. The highest BCUT2D eigenvalue weighted by Crippen LogP contribution is 2.17. The van der Waals surface area contributed by atoms with Crippen LogP contribution < -0.4 is 0 Å². The fourth-order valence-electron chi connectivity index (χ4n) is 2.39. The number of aliphatic hydroxyl groups excluding tert-OH is 3. The summed E-state index contributed by atoms with van der Waals surface area (Å²) in [5, 5.41) is 28.7. The van der Waals surface area contributed by atoms with Crippen molar-refractivity contribution in [3.8, 4) is 0 Å². The van der Waals surface area contributed by atoms with Crippen LogP contribution in [0.15, 0.2) is 12.3 Å². The number of ether oxygens (including phenoxy) is 2. The summed E-state index contributed by atoms with van der Waals surface area (Å²) >= 11 is 0. The van der Waals surface area contributed by atoms with Crippen LogP contribution in [0.1, 0.15) is 51.9 Å². The Hall–Kier alpha value is -0.620. The standard InChI is InChI=1S/C16H30O5/c1-2-3-4-5-6-7-8-9-10-20-11-14(18)16-15(19)13(17)12-21-16/h9-10,13-19H,2-8,11-12H2,1H3/b10-9+/t13-,14+,15-,16-/m1/s1. The molecule has 5 nitrogen and oxygen atoms in total. The molecule has 0 saturated carbocycles. The molecule has 124 valence electrons. The predicted molar refractivity (Wildman–Crippen MR) is 80.8 cm³/mol. The zero-order valence-electron chi connectivity index (χ0n) is 13.0. The van der Waals surface area contributed by atoms with E-state index in [0.29, 0.717) is 0 Å². The highest BCUT2D eigenvalue weighted by Gasteiger charge is 2.39. The molecule has 1 aliphatic rings. The molecule has 21 heavy (non-hydrogen) atoms. The van der Waals surface area contributed by atoms with E-state index in [2.05, 4.69) is 6.92 Å². The highest BCUT2D eigenvalue weighted by molar-refractivity contribution is 4.88. The second-order valence-electron chi connectivity index (χ2n) is 5.68. The van der Waals surface area contributed by atoms with Crippen LogP contribution in [0.4, 0.5) is 0 Å². The molecule has 1 fully saturated rings. The molecule has 0 radical (unpaired) electrons. The van der Waals surface area contributed by atoms with Gasteiger partial charge in [-0.15, -0.1) is 0 Å². The molecular weight excluding hydrogens is 272 g/mol. The first-order chi connectivity index (χ1) is 10.2. The number of aliphatic hydroxyl groups is 3. The van der Waals surface area contributed by atoms with Crippen LogP contribution in [0.3, 0.4) is 0 Å². The maximum atomic E-state index is 9.81. The Kier molecular flexibility index (Phi) is 9.67. The Morgan fingerprint density at radius 3 is 2.57 bits per heavy atom. The third kappa shape index (κ3) is 7.27. The molecule has 0 spiro atoms. The summed E-state index contributed by atoms with van der Waals surface area (Å²) in [6, 6.07) is 0. The van der Waals surface area contributed by atoms with E-state index in [9.17, 15) is 15.3 Å². The van der Waals surface area contributed by atoms with Crippen molar-refractivity contribution in [3.63, 3.8) is 0 Å². The third-order valence-corrected chi connectivity index (χ3v) is 3.75. The average molecular weight is 302 g/mol. The van der Waals surface area contributed by atoms with Crippen molar-refractivity contribution in [1.82, 2.24) is 0 Å². The molecule has 0 aromatic rings. The van der Waals surface area contributed by atoms with Crippen molar-refractivity contribution in [2.45, 2.75) is 76.3 Å². The van der Waals surface area contributed by atoms with E-state index in [-0.39, 0.29) is 13.2 Å². The zero-order valence-corrected chi connectivity index (χ0v) is 13.0. The molecule has 1 heterocycles. The first-order valence-corrected chi connectivity index (χ1v) is 8.09. The Morgan fingerprint density at radius 1 is 1.19 bits per heavy atom. The molecule has 0 aromatic carbocycles. The van der Waals surface area contributed by atoms with Gasteiger partial charge in [0, 0.05) is 0 Å². The van der Waals surface area contributed by atoms with Gasteiger partial charge in [-0.05, 0) is 18.9 Å². The maximum absolute atomic E-state index is 9.81. The van der Waals surface area contributed by atoms with Gasteiger partial charge in [0.2, 0.25) is 0 Å². The summed E-state index contributed by atoms with van der Waals surface area (Å²) in [4.78, 5) is 0. The van der Waals surface area contributed by atoms with Crippen molar-refractivity contribution in [3.05, 3.63) is 12.3 Å². The number of allylic oxidation sites excluding steroid dienone is 1. The number of hydrogen-bond acceptors (Lipinski definition) is 5. The lowest BCUT2D eigenvalue weighted by atomic mass is 10.1. The van der Waals surface area contributed by atoms with Crippen LogP contribution in [0.5, 0.6) is 0 Å². The summed E-state index contributed by atoms with van der Waals surface area (Å²) in [6.07, 6.45) is 8.44. The second kappa shape index (κ2) is 11.0. The van der Waals surface area contributed by atoms with Crippen molar-refractivity contribution in [1.29, 1.82) is 0 Å². The summed E-state index contributed by atoms with van der Waals surface area (Å²) in [7, 11) is 0. The highest BCUT2D eigenvalue weighted by atomic mass is 16.5. The topological polar surface area (TPSA) is 79.2 Å². The van der Waals surface area contributed by atoms with Crippen molar-refractivity contribution in [2.75, 3.05) is 13.2 Å². The molecule has 1 rings (SSSR count). The van der Waals surface area contributed by atoms with E-state index in [1.807, 2.05) is 6.08 Å². The van der Waals surface area contributed by atoms with Crippen LogP contribution in [0, 0.1) is 0 Å². The molecule has 3 N–H and O–H groups in total. The van der Waals surface area contributed by atoms with Gasteiger partial charge in [0.1, 0.15) is 31.0 Å². The summed E-state index contributed by atoms with van der Waals surface area (Å²) in [5.41, 5.74) is 0. The molecule has 1 aliphatic heterocycles. The first-order valence-electron chi connectivity index (χ1n) is 8.09. The van der Waals surface area contributed by atoms with E-state index in [1.54, 1.807) is 6.26 Å². The number of rotatable bonds is 11. The van der Waals surface area contributed by atoms with Crippen LogP contribution in [-0.4, -0.2) is 52.9 Å². The quantitative estimate of drug-likeness (QED) is 0.400. The molecule has 0 aliphatic carbocycles. The minimum absolute atomic E-state index is 0.0523. The summed E-state index contributed by atoms with van der Waals surface area (Å²) in [6.45, 7) is 2.32. The monoisotopic (exact) mass is 302 g/mol. The fraction of sp³-hybridized carbons (Fsp3) is 0.875. The maximum Gasteiger partial charge on any atom is 0.117 e. The predicted octanol–water partition coefficient (Wildman–Crippen LogP) is 1.75. The summed E-state index contributed by atoms with van der Waals surface area (Å²) < 4.78 is 10.4. The van der Waals surface area contributed by atoms with E-state index >= 15 is 0 Å². The lowest BCUT2D eigenvalue weighted by molar-refractivity contribution is -0.0703. The molecule has 0 unspecified atom stereocenters. The van der Waals surface area contributed by atoms with Crippen molar-refractivity contribution < 1.29 is 24.8 Å². The van der Waals surface area contributed by atoms with Gasteiger partial charge in [0.25, 0.3) is 0 Å². The molecule has 1 saturated heterocycles. The number of unbranched alkanes of at least 4 members (excludes halogenated alkanes) is 6. The minimum atomic E-state index is -1.05. The van der Waals surface area contributed by atoms with Gasteiger partial charge in [0.05, 0.1) is 12.9 Å². The fourth-order valence-corrected chi connectivity index (χ4v) is 2.39. The van der Waals surface area contributed by atoms with Crippen LogP contribution in [0.25, 0.3) is 0 Å². The largest absolute Gasteiger partial charge is 0.499 e. The van der Waals surface area contributed by atoms with Gasteiger partial charge in [-0.1, -0.05) is 39.0 Å². The van der Waals surface area contributed by atoms with E-state index in [1.165, 1.54) is 32.1 Å². The second-order valence-corrected chi connectivity index (χ2v) is 5.68. The van der Waals surface area contributed by atoms with Gasteiger partial charge in [-0.3, -0.25) is 0 Å². The first kappa shape index (κ1) is 18.4. The molecule has 5 heteroatoms. The van der Waals surface area contributed by atoms with Gasteiger partial charge >= 0.3 is 0 Å². The van der Waals surface area contributed by atoms with Gasteiger partial charge in [-0.2, -0.15) is 0 Å². The Labute approximate surface area is 127 Å². The summed E-state index contributed by atoms with van der Waals surface area (Å²) in [5.74, 6) is 0. The van der Waals surface area contributed by atoms with Crippen LogP contribution >= 0.6 is 0 Å². The molecule has 4 atom stereocenters. The lowest BCUT2D eigenvalue weighted by Crippen LogP contribution is -2.40. The molecule has 0 amide bonds. The average Bonchev–Trinajstić information content (AvgIpc) is 2.81. The van der Waals surface area contributed by atoms with Gasteiger partial charge < -0.3 is 24.8 Å². The minimum Gasteiger partial charge on any atom is -0.499 e. The van der Waals surface area contributed by atoms with Gasteiger partial charge in [-0.25, -0.2) is 0 Å². The molecular formula is C16H30O5. The van der Waals surface area contributed by atoms with Crippen molar-refractivity contribution in [2.24, 2.45) is 0 Å². The van der Waals surface area contributed by atoms with E-state index < -0.39 is 24.4 Å². The zero-order chi connectivity index (χ0) is 15.5. The van der Waals surface area contributed by atoms with Crippen LogP contribution in [-0.2, 0) is 9.47 Å². The smallest absolute Gasteiger partial charge is 0.117 e. The Morgan fingerprint density at radius 2 is 1.90 bits per heavy atom. The van der Waals surface area contributed by atoms with Crippen molar-refractivity contribution >= 4 is 0 Å². The Balaban J connectivity index is 1.99. The van der Waals surface area contributed by atoms with Gasteiger partial charge in [0.15, 0.2) is 0 Å². The lowest BCUT2D eigenvalue weighted by Gasteiger charge is -2.20. The van der Waals surface area contributed by atoms with E-state index in [4.69, 9.17) is 9.47 Å². The van der Waals surface area contributed by atoms with E-state index in [0.717, 1.165) is 12.8 Å².